The van der Waals surface area contributed by atoms with Crippen molar-refractivity contribution in [1.29, 1.82) is 0 Å². The Morgan fingerprint density at radius 3 is 2.28 bits per heavy atom. The van der Waals surface area contributed by atoms with Crippen LogP contribution in [0.3, 0.4) is 0 Å². The van der Waals surface area contributed by atoms with Crippen molar-refractivity contribution >= 4 is 5.97 Å². The number of hydrogen-bond donors (Lipinski definition) is 2. The van der Waals surface area contributed by atoms with Gasteiger partial charge in [0.2, 0.25) is 0 Å². The lowest BCUT2D eigenvalue weighted by atomic mass is 9.41. The molecular formula is C46H77NO7. The first-order valence-electron chi connectivity index (χ1n) is 22.6. The molecule has 2 spiro atoms. The summed E-state index contributed by atoms with van der Waals surface area (Å²) in [5.41, 5.74) is -0.927. The molecule has 54 heavy (non-hydrogen) atoms. The number of fused-ring (bicyclic) bond motifs is 4. The normalized spacial score (nSPS) is 49.1. The van der Waals surface area contributed by atoms with Crippen LogP contribution in [0.2, 0.25) is 0 Å². The number of morpholine rings is 1. The quantitative estimate of drug-likeness (QED) is 0.251. The standard InChI is InChI=1S/C46H77NO7/c1-28-25-32(40(42(6,7)50)52-30(3)48)53-38-37(28)43(8)21-22-46-27-45(46)20-19-35(41(4,5)33(45)17-18-34(46)44(43,9)39(38)49)54-36-26-47(23-24-51-36)29(2)31-15-13-11-10-12-14-16-31/h28-29,31-40,49-50H,10-27H2,1-9H3. The summed E-state index contributed by atoms with van der Waals surface area (Å²) < 4.78 is 26.1. The van der Waals surface area contributed by atoms with Gasteiger partial charge in [0.15, 0.2) is 12.4 Å². The van der Waals surface area contributed by atoms with Crippen molar-refractivity contribution in [3.63, 3.8) is 0 Å². The summed E-state index contributed by atoms with van der Waals surface area (Å²) in [6, 6.07) is 0.589. The van der Waals surface area contributed by atoms with Gasteiger partial charge in [0.25, 0.3) is 0 Å². The zero-order valence-corrected chi connectivity index (χ0v) is 35.5. The minimum atomic E-state index is -1.25. The Kier molecular flexibility index (Phi) is 10.3. The van der Waals surface area contributed by atoms with Crippen LogP contribution in [0.4, 0.5) is 0 Å². The van der Waals surface area contributed by atoms with Crippen molar-refractivity contribution in [3.8, 4) is 0 Å². The molecule has 6 saturated carbocycles. The number of carbonyl (C=O) groups is 1. The molecule has 308 valence electrons. The highest BCUT2D eigenvalue weighted by Gasteiger charge is 2.84. The van der Waals surface area contributed by atoms with Gasteiger partial charge in [0.05, 0.1) is 36.6 Å². The third kappa shape index (κ3) is 5.96. The van der Waals surface area contributed by atoms with Crippen molar-refractivity contribution in [2.24, 2.45) is 56.7 Å². The highest BCUT2D eigenvalue weighted by molar-refractivity contribution is 5.66. The molecule has 0 radical (unpaired) electrons. The van der Waals surface area contributed by atoms with E-state index in [-0.39, 0.29) is 52.0 Å². The topological polar surface area (TPSA) is 97.7 Å². The molecule has 0 aromatic carbocycles. The third-order valence-electron chi connectivity index (χ3n) is 18.9. The molecule has 15 atom stereocenters. The van der Waals surface area contributed by atoms with Crippen LogP contribution in [-0.4, -0.2) is 89.2 Å². The molecule has 0 amide bonds. The van der Waals surface area contributed by atoms with E-state index in [1.165, 1.54) is 77.6 Å². The molecule has 8 aliphatic rings. The van der Waals surface area contributed by atoms with Crippen LogP contribution in [0.5, 0.6) is 0 Å². The van der Waals surface area contributed by atoms with E-state index in [1.807, 2.05) is 0 Å². The fourth-order valence-corrected chi connectivity index (χ4v) is 16.1. The number of hydrogen-bond acceptors (Lipinski definition) is 8. The number of ether oxygens (including phenoxy) is 4. The zero-order valence-electron chi connectivity index (χ0n) is 35.5. The summed E-state index contributed by atoms with van der Waals surface area (Å²) in [6.07, 6.45) is 16.6. The van der Waals surface area contributed by atoms with Crippen LogP contribution >= 0.6 is 0 Å². The predicted octanol–water partition coefficient (Wildman–Crippen LogP) is 8.29. The van der Waals surface area contributed by atoms with Gasteiger partial charge in [-0.05, 0) is 136 Å². The average molecular weight is 756 g/mol. The van der Waals surface area contributed by atoms with E-state index in [1.54, 1.807) is 13.8 Å². The molecule has 6 aliphatic carbocycles. The molecule has 2 saturated heterocycles. The fraction of sp³-hybridized carbons (Fsp3) is 0.978. The molecule has 0 bridgehead atoms. The third-order valence-corrected chi connectivity index (χ3v) is 18.9. The Hall–Kier alpha value is -0.770. The molecule has 0 aromatic rings. The van der Waals surface area contributed by atoms with E-state index in [4.69, 9.17) is 18.9 Å². The minimum absolute atomic E-state index is 0.0488. The Bertz CT molecular complexity index is 1390. The molecule has 8 rings (SSSR count). The number of aliphatic hydroxyl groups is 2. The Morgan fingerprint density at radius 1 is 0.926 bits per heavy atom. The maximum absolute atomic E-state index is 12.7. The SMILES string of the molecule is CC(=O)OC(C1CC(C)C2C(O1)C(O)C1(C)C3CCC4C(C)(C)C(OC5CN(C(C)C6CCCCCCC6)CCO5)CCC45CC35CCC21C)C(C)(C)O. The van der Waals surface area contributed by atoms with Crippen molar-refractivity contribution in [1.82, 2.24) is 4.90 Å². The largest absolute Gasteiger partial charge is 0.457 e. The van der Waals surface area contributed by atoms with Gasteiger partial charge < -0.3 is 29.2 Å². The minimum Gasteiger partial charge on any atom is -0.457 e. The fourth-order valence-electron chi connectivity index (χ4n) is 16.1. The van der Waals surface area contributed by atoms with E-state index >= 15 is 0 Å². The molecule has 0 aromatic heterocycles. The van der Waals surface area contributed by atoms with Gasteiger partial charge in [-0.3, -0.25) is 9.69 Å². The van der Waals surface area contributed by atoms with Crippen LogP contribution in [0, 0.1) is 56.7 Å². The molecule has 2 N–H and O–H groups in total. The summed E-state index contributed by atoms with van der Waals surface area (Å²) in [4.78, 5) is 14.8. The number of carbonyl (C=O) groups excluding carboxylic acids is 1. The highest BCUT2D eigenvalue weighted by Crippen LogP contribution is 2.89. The van der Waals surface area contributed by atoms with Crippen LogP contribution < -0.4 is 0 Å². The van der Waals surface area contributed by atoms with Crippen molar-refractivity contribution in [3.05, 3.63) is 0 Å². The number of aliphatic hydroxyl groups excluding tert-OH is 1. The Morgan fingerprint density at radius 2 is 1.59 bits per heavy atom. The van der Waals surface area contributed by atoms with Gasteiger partial charge in [-0.2, -0.15) is 0 Å². The monoisotopic (exact) mass is 756 g/mol. The summed E-state index contributed by atoms with van der Waals surface area (Å²) >= 11 is 0. The number of nitrogens with zero attached hydrogens (tertiary/aromatic N) is 1. The molecule has 8 nitrogen and oxygen atoms in total. The second kappa shape index (κ2) is 13.9. The number of esters is 1. The molecule has 8 fully saturated rings. The Balaban J connectivity index is 0.978. The summed E-state index contributed by atoms with van der Waals surface area (Å²) in [5, 5.41) is 23.8. The van der Waals surface area contributed by atoms with Crippen molar-refractivity contribution < 1.29 is 34.0 Å². The van der Waals surface area contributed by atoms with E-state index in [9.17, 15) is 15.0 Å². The van der Waals surface area contributed by atoms with Crippen LogP contribution in [0.25, 0.3) is 0 Å². The lowest BCUT2D eigenvalue weighted by Crippen LogP contribution is -2.60. The molecular weight excluding hydrogens is 679 g/mol. The maximum Gasteiger partial charge on any atom is 0.303 e. The maximum atomic E-state index is 12.7. The van der Waals surface area contributed by atoms with Gasteiger partial charge in [-0.25, -0.2) is 0 Å². The number of rotatable bonds is 7. The van der Waals surface area contributed by atoms with E-state index in [0.717, 1.165) is 44.9 Å². The first kappa shape index (κ1) is 40.0. The van der Waals surface area contributed by atoms with E-state index in [2.05, 4.69) is 46.4 Å². The lowest BCUT2D eigenvalue weighted by Gasteiger charge is -2.64. The molecule has 2 aliphatic heterocycles. The predicted molar refractivity (Wildman–Crippen MR) is 209 cm³/mol. The average Bonchev–Trinajstić information content (AvgIpc) is 3.72. The van der Waals surface area contributed by atoms with Gasteiger partial charge >= 0.3 is 5.97 Å². The summed E-state index contributed by atoms with van der Waals surface area (Å²) in [6.45, 7) is 22.2. The first-order valence-corrected chi connectivity index (χ1v) is 22.6. The first-order chi connectivity index (χ1) is 25.4. The van der Waals surface area contributed by atoms with E-state index in [0.29, 0.717) is 29.7 Å². The highest BCUT2D eigenvalue weighted by atomic mass is 16.7. The summed E-state index contributed by atoms with van der Waals surface area (Å²) in [5.74, 6) is 1.94. The van der Waals surface area contributed by atoms with Crippen LogP contribution in [-0.2, 0) is 23.7 Å². The van der Waals surface area contributed by atoms with Gasteiger partial charge in [0, 0.05) is 31.5 Å². The van der Waals surface area contributed by atoms with Gasteiger partial charge in [-0.15, -0.1) is 0 Å². The smallest absolute Gasteiger partial charge is 0.303 e. The second-order valence-corrected chi connectivity index (χ2v) is 22.0. The van der Waals surface area contributed by atoms with Crippen LogP contribution in [0.1, 0.15) is 159 Å². The van der Waals surface area contributed by atoms with Crippen molar-refractivity contribution in [2.45, 2.75) is 207 Å². The van der Waals surface area contributed by atoms with Gasteiger partial charge in [-0.1, -0.05) is 66.7 Å². The Labute approximate surface area is 327 Å². The lowest BCUT2D eigenvalue weighted by molar-refractivity contribution is -0.251. The molecule has 2 heterocycles. The van der Waals surface area contributed by atoms with Gasteiger partial charge in [0.1, 0.15) is 0 Å². The molecule has 8 heteroatoms. The zero-order chi connectivity index (χ0) is 38.6. The molecule has 15 unspecified atom stereocenters. The second-order valence-electron chi connectivity index (χ2n) is 22.0. The van der Waals surface area contributed by atoms with Crippen LogP contribution in [0.15, 0.2) is 0 Å². The van der Waals surface area contributed by atoms with E-state index < -0.39 is 29.9 Å². The summed E-state index contributed by atoms with van der Waals surface area (Å²) in [7, 11) is 0. The van der Waals surface area contributed by atoms with Crippen molar-refractivity contribution in [2.75, 3.05) is 19.7 Å².